The Morgan fingerprint density at radius 1 is 1.00 bits per heavy atom. The van der Waals surface area contributed by atoms with E-state index in [-0.39, 0.29) is 22.9 Å². The third-order valence-corrected chi connectivity index (χ3v) is 4.93. The molecule has 3 aromatic carbocycles. The van der Waals surface area contributed by atoms with E-state index in [1.807, 2.05) is 0 Å². The van der Waals surface area contributed by atoms with E-state index < -0.39 is 17.8 Å². The smallest absolute Gasteiger partial charge is 0.343 e. The van der Waals surface area contributed by atoms with Crippen LogP contribution >= 0.6 is 27.5 Å². The Kier molecular flexibility index (Phi) is 8.13. The number of benzene rings is 3. The molecule has 32 heavy (non-hydrogen) atoms. The second kappa shape index (κ2) is 11.2. The van der Waals surface area contributed by atoms with Gasteiger partial charge in [0.15, 0.2) is 0 Å². The number of nitrogens with one attached hydrogen (secondary N) is 2. The van der Waals surface area contributed by atoms with E-state index >= 15 is 0 Å². The maximum atomic E-state index is 12.3. The van der Waals surface area contributed by atoms with Gasteiger partial charge in [0.05, 0.1) is 28.9 Å². The number of carbonyl (C=O) groups excluding carboxylic acids is 3. The van der Waals surface area contributed by atoms with Gasteiger partial charge in [-0.05, 0) is 42.5 Å². The van der Waals surface area contributed by atoms with Crippen molar-refractivity contribution in [3.8, 4) is 5.75 Å². The molecular formula is C23H17BrClN3O4. The minimum atomic E-state index is -0.542. The lowest BCUT2D eigenvalue weighted by atomic mass is 10.2. The van der Waals surface area contributed by atoms with Gasteiger partial charge in [-0.25, -0.2) is 10.2 Å². The van der Waals surface area contributed by atoms with Crippen LogP contribution in [0.25, 0.3) is 0 Å². The molecule has 0 heterocycles. The Bertz CT molecular complexity index is 1170. The molecule has 7 nitrogen and oxygen atoms in total. The number of hydrazone groups is 1. The zero-order chi connectivity index (χ0) is 22.9. The van der Waals surface area contributed by atoms with E-state index in [2.05, 4.69) is 31.8 Å². The molecule has 2 amide bonds. The van der Waals surface area contributed by atoms with Crippen LogP contribution in [0.4, 0.5) is 0 Å². The molecule has 0 aliphatic rings. The molecule has 0 fully saturated rings. The zero-order valence-corrected chi connectivity index (χ0v) is 18.9. The second-order valence-corrected chi connectivity index (χ2v) is 7.72. The molecule has 0 spiro atoms. The number of hydrogen-bond donors (Lipinski definition) is 2. The van der Waals surface area contributed by atoms with Crippen LogP contribution in [0.1, 0.15) is 26.3 Å². The van der Waals surface area contributed by atoms with Crippen molar-refractivity contribution in [3.63, 3.8) is 0 Å². The quantitative estimate of drug-likeness (QED) is 0.214. The van der Waals surface area contributed by atoms with Gasteiger partial charge in [-0.3, -0.25) is 9.59 Å². The predicted octanol–water partition coefficient (Wildman–Crippen LogP) is 4.20. The minimum absolute atomic E-state index is 0.268. The zero-order valence-electron chi connectivity index (χ0n) is 16.5. The van der Waals surface area contributed by atoms with Gasteiger partial charge in [0.25, 0.3) is 11.8 Å². The Labute approximate surface area is 197 Å². The second-order valence-electron chi connectivity index (χ2n) is 6.39. The summed E-state index contributed by atoms with van der Waals surface area (Å²) in [6.45, 7) is -0.296. The largest absolute Gasteiger partial charge is 0.422 e. The van der Waals surface area contributed by atoms with Crippen LogP contribution in [-0.2, 0) is 4.79 Å². The van der Waals surface area contributed by atoms with Crippen molar-refractivity contribution >= 4 is 51.5 Å². The van der Waals surface area contributed by atoms with Crippen molar-refractivity contribution in [2.24, 2.45) is 5.10 Å². The topological polar surface area (TPSA) is 96.9 Å². The molecular weight excluding hydrogens is 498 g/mol. The molecule has 0 unspecified atom stereocenters. The van der Waals surface area contributed by atoms with Gasteiger partial charge < -0.3 is 10.1 Å². The summed E-state index contributed by atoms with van der Waals surface area (Å²) in [6, 6.07) is 20.1. The highest BCUT2D eigenvalue weighted by Gasteiger charge is 2.12. The number of amides is 2. The third-order valence-electron chi connectivity index (χ3n) is 4.10. The predicted molar refractivity (Wildman–Crippen MR) is 125 cm³/mol. The van der Waals surface area contributed by atoms with Gasteiger partial charge in [-0.2, -0.15) is 5.10 Å². The molecule has 0 aromatic heterocycles. The van der Waals surface area contributed by atoms with E-state index in [9.17, 15) is 14.4 Å². The number of nitrogens with zero attached hydrogens (tertiary/aromatic N) is 1. The first-order chi connectivity index (χ1) is 15.4. The lowest BCUT2D eigenvalue weighted by Crippen LogP contribution is -2.35. The van der Waals surface area contributed by atoms with Crippen molar-refractivity contribution in [2.45, 2.75) is 0 Å². The van der Waals surface area contributed by atoms with E-state index in [0.717, 1.165) is 4.47 Å². The van der Waals surface area contributed by atoms with Crippen LogP contribution in [0.3, 0.4) is 0 Å². The maximum Gasteiger partial charge on any atom is 0.343 e. The summed E-state index contributed by atoms with van der Waals surface area (Å²) in [7, 11) is 0. The summed E-state index contributed by atoms with van der Waals surface area (Å²) in [5.41, 5.74) is 3.44. The lowest BCUT2D eigenvalue weighted by Gasteiger charge is -2.08. The number of esters is 1. The average Bonchev–Trinajstić information content (AvgIpc) is 2.80. The molecule has 2 N–H and O–H groups in total. The number of halogens is 2. The van der Waals surface area contributed by atoms with Crippen molar-refractivity contribution in [1.82, 2.24) is 10.7 Å². The molecule has 0 bridgehead atoms. The normalized spacial score (nSPS) is 10.6. The number of ether oxygens (including phenoxy) is 1. The van der Waals surface area contributed by atoms with Gasteiger partial charge in [-0.15, -0.1) is 0 Å². The molecule has 0 atom stereocenters. The summed E-state index contributed by atoms with van der Waals surface area (Å²) in [6.07, 6.45) is 1.34. The fourth-order valence-electron chi connectivity index (χ4n) is 2.56. The first kappa shape index (κ1) is 23.2. The van der Waals surface area contributed by atoms with Crippen LogP contribution in [0.5, 0.6) is 5.75 Å². The van der Waals surface area contributed by atoms with Crippen molar-refractivity contribution in [2.75, 3.05) is 6.54 Å². The standard InChI is InChI=1S/C23H17BrClN3O4/c24-17-10-11-20(32-23(31)15-6-2-1-3-7-15)16(12-17)13-27-28-21(29)14-26-22(30)18-8-4-5-9-19(18)25/h1-13H,14H2,(H,26,30)(H,28,29)/b27-13-. The van der Waals surface area contributed by atoms with Crippen LogP contribution in [0.2, 0.25) is 5.02 Å². The van der Waals surface area contributed by atoms with E-state index in [1.165, 1.54) is 6.21 Å². The summed E-state index contributed by atoms with van der Waals surface area (Å²) < 4.78 is 6.18. The summed E-state index contributed by atoms with van der Waals surface area (Å²) in [5.74, 6) is -1.27. The fraction of sp³-hybridized carbons (Fsp3) is 0.0435. The minimum Gasteiger partial charge on any atom is -0.422 e. The van der Waals surface area contributed by atoms with Gasteiger partial charge in [0.2, 0.25) is 0 Å². The summed E-state index contributed by atoms with van der Waals surface area (Å²) in [4.78, 5) is 36.4. The van der Waals surface area contributed by atoms with Gasteiger partial charge in [0, 0.05) is 10.0 Å². The maximum absolute atomic E-state index is 12.3. The van der Waals surface area contributed by atoms with Crippen LogP contribution in [-0.4, -0.2) is 30.5 Å². The number of rotatable bonds is 7. The Hall–Kier alpha value is -3.49. The Balaban J connectivity index is 1.59. The summed E-state index contributed by atoms with van der Waals surface area (Å²) in [5, 5.41) is 6.63. The van der Waals surface area contributed by atoms with E-state index in [1.54, 1.807) is 72.8 Å². The van der Waals surface area contributed by atoms with Crippen LogP contribution in [0, 0.1) is 0 Å². The van der Waals surface area contributed by atoms with Crippen LogP contribution in [0.15, 0.2) is 82.4 Å². The van der Waals surface area contributed by atoms with Crippen molar-refractivity contribution < 1.29 is 19.1 Å². The highest BCUT2D eigenvalue weighted by atomic mass is 79.9. The first-order valence-corrected chi connectivity index (χ1v) is 10.5. The highest BCUT2D eigenvalue weighted by molar-refractivity contribution is 9.10. The SMILES string of the molecule is O=C(CNC(=O)c1ccccc1Cl)N/N=C\c1cc(Br)ccc1OC(=O)c1ccccc1. The molecule has 0 radical (unpaired) electrons. The first-order valence-electron chi connectivity index (χ1n) is 9.35. The molecule has 162 valence electrons. The Morgan fingerprint density at radius 2 is 1.72 bits per heavy atom. The molecule has 0 aliphatic heterocycles. The summed E-state index contributed by atoms with van der Waals surface area (Å²) >= 11 is 9.31. The van der Waals surface area contributed by atoms with Gasteiger partial charge >= 0.3 is 5.97 Å². The fourth-order valence-corrected chi connectivity index (χ4v) is 3.16. The molecule has 0 aliphatic carbocycles. The molecule has 3 rings (SSSR count). The van der Waals surface area contributed by atoms with Gasteiger partial charge in [-0.1, -0.05) is 57.9 Å². The average molecular weight is 515 g/mol. The van der Waals surface area contributed by atoms with E-state index in [0.29, 0.717) is 11.1 Å². The number of hydrogen-bond acceptors (Lipinski definition) is 5. The van der Waals surface area contributed by atoms with Crippen LogP contribution < -0.4 is 15.5 Å². The molecule has 3 aromatic rings. The lowest BCUT2D eigenvalue weighted by molar-refractivity contribution is -0.120. The molecule has 0 saturated heterocycles. The van der Waals surface area contributed by atoms with Crippen molar-refractivity contribution in [3.05, 3.63) is 99.0 Å². The molecule has 9 heteroatoms. The molecule has 0 saturated carbocycles. The van der Waals surface area contributed by atoms with E-state index in [4.69, 9.17) is 16.3 Å². The third kappa shape index (κ3) is 6.50. The van der Waals surface area contributed by atoms with Gasteiger partial charge in [0.1, 0.15) is 5.75 Å². The monoisotopic (exact) mass is 513 g/mol. The van der Waals surface area contributed by atoms with Crippen molar-refractivity contribution in [1.29, 1.82) is 0 Å². The highest BCUT2D eigenvalue weighted by Crippen LogP contribution is 2.23. The Morgan fingerprint density at radius 3 is 2.47 bits per heavy atom. The number of carbonyl (C=O) groups is 3.